The Bertz CT molecular complexity index is 1420. The molecule has 0 amide bonds. The van der Waals surface area contributed by atoms with Crippen molar-refractivity contribution in [2.45, 2.75) is 11.8 Å². The number of hydrogen-bond donors (Lipinski definition) is 0. The van der Waals surface area contributed by atoms with Gasteiger partial charge in [0.15, 0.2) is 0 Å². The topological polar surface area (TPSA) is 79.9 Å². The quantitative estimate of drug-likeness (QED) is 0.381. The Hall–Kier alpha value is -2.92. The molecule has 32 heavy (non-hydrogen) atoms. The predicted octanol–water partition coefficient (Wildman–Crippen LogP) is 4.43. The van der Waals surface area contributed by atoms with Crippen LogP contribution in [0.4, 0.5) is 5.69 Å². The molecular weight excluding hydrogens is 462 g/mol. The van der Waals surface area contributed by atoms with E-state index >= 15 is 0 Å². The molecule has 0 atom stereocenters. The van der Waals surface area contributed by atoms with Crippen LogP contribution >= 0.6 is 22.7 Å². The van der Waals surface area contributed by atoms with Crippen molar-refractivity contribution < 1.29 is 8.42 Å². The van der Waals surface area contributed by atoms with E-state index in [9.17, 15) is 8.42 Å². The van der Waals surface area contributed by atoms with Crippen LogP contribution in [-0.2, 0) is 10.0 Å². The molecule has 0 aliphatic heterocycles. The fourth-order valence-electron chi connectivity index (χ4n) is 2.88. The highest BCUT2D eigenvalue weighted by atomic mass is 32.2. The van der Waals surface area contributed by atoms with Crippen molar-refractivity contribution in [3.63, 3.8) is 0 Å². The largest absolute Gasteiger partial charge is 0.255 e. The Balaban J connectivity index is 1.87. The Morgan fingerprint density at radius 1 is 1.06 bits per heavy atom. The van der Waals surface area contributed by atoms with E-state index in [0.29, 0.717) is 10.5 Å². The minimum atomic E-state index is -3.55. The summed E-state index contributed by atoms with van der Waals surface area (Å²) >= 11 is 3.06. The number of pyridine rings is 1. The van der Waals surface area contributed by atoms with Crippen LogP contribution in [0.15, 0.2) is 86.5 Å². The van der Waals surface area contributed by atoms with Crippen LogP contribution in [-0.4, -0.2) is 42.2 Å². The number of hydrogen-bond acceptors (Lipinski definition) is 7. The van der Waals surface area contributed by atoms with Gasteiger partial charge in [-0.25, -0.2) is 22.4 Å². The van der Waals surface area contributed by atoms with Crippen LogP contribution < -0.4 is 4.80 Å². The number of thiophene rings is 1. The first kappa shape index (κ1) is 22.3. The van der Waals surface area contributed by atoms with Crippen molar-refractivity contribution in [3.05, 3.63) is 82.0 Å². The van der Waals surface area contributed by atoms with Crippen LogP contribution in [0.5, 0.6) is 0 Å². The molecule has 0 saturated heterocycles. The second-order valence-electron chi connectivity index (χ2n) is 6.99. The highest BCUT2D eigenvalue weighted by Gasteiger charge is 2.17. The van der Waals surface area contributed by atoms with Gasteiger partial charge in [-0.3, -0.25) is 4.98 Å². The minimum absolute atomic E-state index is 0.193. The summed E-state index contributed by atoms with van der Waals surface area (Å²) in [5.74, 6) is 0. The predicted molar refractivity (Wildman–Crippen MR) is 130 cm³/mol. The van der Waals surface area contributed by atoms with Crippen molar-refractivity contribution in [1.82, 2.24) is 14.0 Å². The van der Waals surface area contributed by atoms with Gasteiger partial charge in [0, 0.05) is 25.7 Å². The van der Waals surface area contributed by atoms with E-state index in [1.54, 1.807) is 46.5 Å². The van der Waals surface area contributed by atoms with Gasteiger partial charge >= 0.3 is 0 Å². The maximum Gasteiger partial charge on any atom is 0.242 e. The summed E-state index contributed by atoms with van der Waals surface area (Å²) in [6.07, 6.45) is 1.73. The smallest absolute Gasteiger partial charge is 0.242 e. The molecule has 0 spiro atoms. The third-order valence-corrected chi connectivity index (χ3v) is 8.09. The van der Waals surface area contributed by atoms with Gasteiger partial charge < -0.3 is 0 Å². The van der Waals surface area contributed by atoms with Crippen LogP contribution in [0.1, 0.15) is 12.6 Å². The molecule has 0 N–H and O–H groups in total. The van der Waals surface area contributed by atoms with Gasteiger partial charge in [-0.05, 0) is 48.7 Å². The SMILES string of the molecule is CC(=Nn1c(-c2cccs2)csc1=Nc1cccc(S(=O)(=O)N(C)C)c1)c1ccccn1. The van der Waals surface area contributed by atoms with Crippen LogP contribution in [0.2, 0.25) is 0 Å². The molecule has 0 aliphatic rings. The fourth-order valence-corrected chi connectivity index (χ4v) is 5.47. The first-order valence-corrected chi connectivity index (χ1v) is 12.8. The Kier molecular flexibility index (Phi) is 6.47. The molecule has 0 unspecified atom stereocenters. The second kappa shape index (κ2) is 9.29. The summed E-state index contributed by atoms with van der Waals surface area (Å²) in [5.41, 5.74) is 2.96. The third-order valence-electron chi connectivity index (χ3n) is 4.57. The summed E-state index contributed by atoms with van der Waals surface area (Å²) in [7, 11) is -0.534. The van der Waals surface area contributed by atoms with Crippen molar-refractivity contribution in [2.24, 2.45) is 10.1 Å². The molecule has 164 valence electrons. The first-order chi connectivity index (χ1) is 15.4. The monoisotopic (exact) mass is 483 g/mol. The van der Waals surface area contributed by atoms with Gasteiger partial charge in [0.05, 0.1) is 32.6 Å². The molecule has 1 aromatic carbocycles. The Morgan fingerprint density at radius 3 is 2.59 bits per heavy atom. The lowest BCUT2D eigenvalue weighted by Crippen LogP contribution is -2.22. The summed E-state index contributed by atoms with van der Waals surface area (Å²) in [4.78, 5) is 11.0. The van der Waals surface area contributed by atoms with E-state index in [1.165, 1.54) is 29.7 Å². The molecule has 3 heterocycles. The van der Waals surface area contributed by atoms with E-state index in [-0.39, 0.29) is 4.90 Å². The molecule has 4 rings (SSSR count). The molecule has 3 aromatic heterocycles. The number of aromatic nitrogens is 2. The number of rotatable bonds is 6. The highest BCUT2D eigenvalue weighted by Crippen LogP contribution is 2.26. The lowest BCUT2D eigenvalue weighted by molar-refractivity contribution is 0.521. The molecule has 10 heteroatoms. The summed E-state index contributed by atoms with van der Waals surface area (Å²) in [5, 5.41) is 8.82. The summed E-state index contributed by atoms with van der Waals surface area (Å²) < 4.78 is 28.0. The molecule has 0 radical (unpaired) electrons. The van der Waals surface area contributed by atoms with Crippen LogP contribution in [0, 0.1) is 0 Å². The molecule has 4 aromatic rings. The van der Waals surface area contributed by atoms with E-state index in [1.807, 2.05) is 48.0 Å². The number of benzene rings is 1. The fraction of sp³-hybridized carbons (Fsp3) is 0.136. The van der Waals surface area contributed by atoms with E-state index in [4.69, 9.17) is 10.1 Å². The van der Waals surface area contributed by atoms with E-state index < -0.39 is 10.0 Å². The van der Waals surface area contributed by atoms with Gasteiger partial charge in [-0.2, -0.15) is 5.10 Å². The standard InChI is InChI=1S/C22H21N5O2S3/c1-16(19-10-4-5-12-23-19)25-27-20(21-11-7-13-30-21)15-31-22(27)24-17-8-6-9-18(14-17)32(28,29)26(2)3/h4-15H,1-3H3. The van der Waals surface area contributed by atoms with E-state index in [0.717, 1.165) is 22.0 Å². The van der Waals surface area contributed by atoms with Crippen molar-refractivity contribution in [1.29, 1.82) is 0 Å². The lowest BCUT2D eigenvalue weighted by Gasteiger charge is -2.11. The zero-order chi connectivity index (χ0) is 22.7. The normalized spacial score (nSPS) is 13.1. The third kappa shape index (κ3) is 4.63. The Labute approximate surface area is 194 Å². The second-order valence-corrected chi connectivity index (χ2v) is 10.9. The summed E-state index contributed by atoms with van der Waals surface area (Å²) in [6.45, 7) is 1.90. The van der Waals surface area contributed by atoms with Gasteiger partial charge in [0.25, 0.3) is 0 Å². The van der Waals surface area contributed by atoms with Crippen molar-refractivity contribution in [2.75, 3.05) is 14.1 Å². The van der Waals surface area contributed by atoms with Gasteiger partial charge in [0.2, 0.25) is 14.8 Å². The zero-order valence-corrected chi connectivity index (χ0v) is 20.2. The van der Waals surface area contributed by atoms with Crippen molar-refractivity contribution >= 4 is 44.1 Å². The van der Waals surface area contributed by atoms with Crippen molar-refractivity contribution in [3.8, 4) is 10.6 Å². The Morgan fingerprint density at radius 2 is 1.91 bits per heavy atom. The highest BCUT2D eigenvalue weighted by molar-refractivity contribution is 7.89. The van der Waals surface area contributed by atoms with Crippen LogP contribution in [0.3, 0.4) is 0 Å². The van der Waals surface area contributed by atoms with Gasteiger partial charge in [-0.1, -0.05) is 18.2 Å². The molecule has 7 nitrogen and oxygen atoms in total. The van der Waals surface area contributed by atoms with Gasteiger partial charge in [0.1, 0.15) is 0 Å². The van der Waals surface area contributed by atoms with Gasteiger partial charge in [-0.15, -0.1) is 22.7 Å². The number of nitrogens with zero attached hydrogens (tertiary/aromatic N) is 5. The molecular formula is C22H21N5O2S3. The molecule has 0 fully saturated rings. The lowest BCUT2D eigenvalue weighted by atomic mass is 10.3. The maximum absolute atomic E-state index is 12.5. The average molecular weight is 484 g/mol. The molecule has 0 aliphatic carbocycles. The molecule has 0 saturated carbocycles. The van der Waals surface area contributed by atoms with E-state index in [2.05, 4.69) is 4.98 Å². The first-order valence-electron chi connectivity index (χ1n) is 9.65. The average Bonchev–Trinajstić information content (AvgIpc) is 3.45. The molecule has 0 bridgehead atoms. The maximum atomic E-state index is 12.5. The number of sulfonamides is 1. The zero-order valence-electron chi connectivity index (χ0n) is 17.7. The minimum Gasteiger partial charge on any atom is -0.255 e. The summed E-state index contributed by atoms with van der Waals surface area (Å²) in [6, 6.07) is 16.3. The van der Waals surface area contributed by atoms with Crippen LogP contribution in [0.25, 0.3) is 10.6 Å². The number of thiazole rings is 1.